The van der Waals surface area contributed by atoms with Crippen molar-refractivity contribution in [1.29, 1.82) is 0 Å². The van der Waals surface area contributed by atoms with E-state index in [9.17, 15) is 0 Å². The molecule has 0 aliphatic carbocycles. The monoisotopic (exact) mass is 361 g/mol. The van der Waals surface area contributed by atoms with Crippen LogP contribution in [0.2, 0.25) is 0 Å². The van der Waals surface area contributed by atoms with Crippen LogP contribution in [0.4, 0.5) is 5.69 Å². The fraction of sp³-hybridized carbons (Fsp3) is 0.632. The van der Waals surface area contributed by atoms with Crippen molar-refractivity contribution in [2.24, 2.45) is 10.7 Å². The van der Waals surface area contributed by atoms with Gasteiger partial charge >= 0.3 is 0 Å². The molecule has 0 amide bonds. The summed E-state index contributed by atoms with van der Waals surface area (Å²) in [7, 11) is 0. The molecule has 144 valence electrons. The molecule has 0 spiro atoms. The van der Waals surface area contributed by atoms with Crippen LogP contribution >= 0.6 is 0 Å². The smallest absolute Gasteiger partial charge is 0.193 e. The van der Waals surface area contributed by atoms with Gasteiger partial charge in [-0.15, -0.1) is 0 Å². The van der Waals surface area contributed by atoms with Crippen LogP contribution in [0.25, 0.3) is 0 Å². The van der Waals surface area contributed by atoms with Gasteiger partial charge in [0.25, 0.3) is 0 Å². The Morgan fingerprint density at radius 1 is 1.19 bits per heavy atom. The van der Waals surface area contributed by atoms with Gasteiger partial charge < -0.3 is 25.4 Å². The lowest BCUT2D eigenvalue weighted by Crippen LogP contribution is -2.50. The maximum Gasteiger partial charge on any atom is 0.193 e. The van der Waals surface area contributed by atoms with E-state index in [-0.39, 0.29) is 0 Å². The molecule has 1 atom stereocenters. The van der Waals surface area contributed by atoms with Gasteiger partial charge in [0.15, 0.2) is 17.5 Å². The van der Waals surface area contributed by atoms with Gasteiger partial charge in [-0.25, -0.2) is 0 Å². The highest BCUT2D eigenvalue weighted by molar-refractivity contribution is 5.92. The van der Waals surface area contributed by atoms with Crippen LogP contribution < -0.4 is 20.5 Å². The predicted molar refractivity (Wildman–Crippen MR) is 105 cm³/mol. The Balaban J connectivity index is 1.51. The summed E-state index contributed by atoms with van der Waals surface area (Å²) in [5.74, 6) is 1.96. The standard InChI is InChI=1S/C19H31N5O2/c1-3-23-7-9-24(10-8-23)15(2)14-21-19(20)22-16-5-6-17-18(13-16)26-12-4-11-25-17/h5-6,13,15H,3-4,7-12,14H2,1-2H3,(H3,20,21,22). The second kappa shape index (κ2) is 9.09. The first-order valence-corrected chi connectivity index (χ1v) is 9.58. The van der Waals surface area contributed by atoms with Crippen molar-refractivity contribution in [2.75, 3.05) is 57.8 Å². The average Bonchev–Trinajstić information content (AvgIpc) is 2.91. The van der Waals surface area contributed by atoms with Crippen LogP contribution in [0.1, 0.15) is 20.3 Å². The van der Waals surface area contributed by atoms with Crippen molar-refractivity contribution in [2.45, 2.75) is 26.3 Å². The molecule has 2 heterocycles. The summed E-state index contributed by atoms with van der Waals surface area (Å²) in [6, 6.07) is 6.14. The molecule has 1 aromatic rings. The van der Waals surface area contributed by atoms with E-state index in [1.54, 1.807) is 0 Å². The Morgan fingerprint density at radius 3 is 2.65 bits per heavy atom. The van der Waals surface area contributed by atoms with E-state index in [2.05, 4.69) is 34.0 Å². The fourth-order valence-corrected chi connectivity index (χ4v) is 3.29. The lowest BCUT2D eigenvalue weighted by molar-refractivity contribution is 0.109. The van der Waals surface area contributed by atoms with Crippen LogP contribution in [-0.4, -0.2) is 74.3 Å². The molecular weight excluding hydrogens is 330 g/mol. The highest BCUT2D eigenvalue weighted by Gasteiger charge is 2.19. The van der Waals surface area contributed by atoms with Gasteiger partial charge in [0.2, 0.25) is 0 Å². The van der Waals surface area contributed by atoms with Crippen LogP contribution in [0, 0.1) is 0 Å². The molecule has 0 radical (unpaired) electrons. The van der Waals surface area contributed by atoms with Crippen molar-refractivity contribution in [3.8, 4) is 11.5 Å². The lowest BCUT2D eigenvalue weighted by Gasteiger charge is -2.37. The van der Waals surface area contributed by atoms with E-state index in [1.807, 2.05) is 18.2 Å². The minimum Gasteiger partial charge on any atom is -0.490 e. The molecule has 3 N–H and O–H groups in total. The van der Waals surface area contributed by atoms with Crippen LogP contribution in [-0.2, 0) is 0 Å². The summed E-state index contributed by atoms with van der Waals surface area (Å²) in [5, 5.41) is 3.15. The Morgan fingerprint density at radius 2 is 1.92 bits per heavy atom. The largest absolute Gasteiger partial charge is 0.490 e. The van der Waals surface area contributed by atoms with Crippen LogP contribution in [0.5, 0.6) is 11.5 Å². The predicted octanol–water partition coefficient (Wildman–Crippen LogP) is 1.60. The highest BCUT2D eigenvalue weighted by Crippen LogP contribution is 2.32. The third kappa shape index (κ3) is 5.02. The highest BCUT2D eigenvalue weighted by atomic mass is 16.5. The number of nitrogens with one attached hydrogen (secondary N) is 1. The number of nitrogens with zero attached hydrogens (tertiary/aromatic N) is 3. The van der Waals surface area contributed by atoms with Gasteiger partial charge in [-0.3, -0.25) is 9.89 Å². The topological polar surface area (TPSA) is 75.4 Å². The molecule has 0 saturated carbocycles. The molecule has 2 aliphatic rings. The van der Waals surface area contributed by atoms with Gasteiger partial charge in [0.05, 0.1) is 19.8 Å². The van der Waals surface area contributed by atoms with Gasteiger partial charge in [-0.1, -0.05) is 6.92 Å². The number of hydrogen-bond acceptors (Lipinski definition) is 5. The molecule has 1 saturated heterocycles. The maximum atomic E-state index is 6.07. The number of ether oxygens (including phenoxy) is 2. The van der Waals surface area contributed by atoms with E-state index >= 15 is 0 Å². The first-order chi connectivity index (χ1) is 12.7. The van der Waals surface area contributed by atoms with Gasteiger partial charge in [0.1, 0.15) is 0 Å². The van der Waals surface area contributed by atoms with Crippen molar-refractivity contribution < 1.29 is 9.47 Å². The Kier molecular flexibility index (Phi) is 6.57. The molecule has 26 heavy (non-hydrogen) atoms. The molecule has 1 aromatic carbocycles. The van der Waals surface area contributed by atoms with Crippen LogP contribution in [0.15, 0.2) is 23.2 Å². The van der Waals surface area contributed by atoms with Gasteiger partial charge in [-0.05, 0) is 25.6 Å². The van der Waals surface area contributed by atoms with Crippen molar-refractivity contribution in [3.05, 3.63) is 18.2 Å². The van der Waals surface area contributed by atoms with Gasteiger partial charge in [0, 0.05) is 50.4 Å². The van der Waals surface area contributed by atoms with Crippen molar-refractivity contribution in [3.63, 3.8) is 0 Å². The Bertz CT molecular complexity index is 614. The molecule has 7 heteroatoms. The van der Waals surface area contributed by atoms with E-state index in [0.29, 0.717) is 31.8 Å². The van der Waals surface area contributed by atoms with E-state index in [0.717, 1.165) is 56.3 Å². The molecule has 1 fully saturated rings. The molecule has 7 nitrogen and oxygen atoms in total. The number of benzene rings is 1. The molecule has 0 aromatic heterocycles. The molecular formula is C19H31N5O2. The summed E-state index contributed by atoms with van der Waals surface area (Å²) in [6.45, 7) is 12.1. The molecule has 2 aliphatic heterocycles. The lowest BCUT2D eigenvalue weighted by atomic mass is 10.2. The number of rotatable bonds is 5. The minimum atomic E-state index is 0.387. The van der Waals surface area contributed by atoms with E-state index in [1.165, 1.54) is 0 Å². The number of anilines is 1. The summed E-state index contributed by atoms with van der Waals surface area (Å²) < 4.78 is 11.4. The van der Waals surface area contributed by atoms with Gasteiger partial charge in [-0.2, -0.15) is 0 Å². The second-order valence-corrected chi connectivity index (χ2v) is 6.88. The Labute approximate surface area is 156 Å². The fourth-order valence-electron chi connectivity index (χ4n) is 3.29. The molecule has 3 rings (SSSR count). The zero-order chi connectivity index (χ0) is 18.4. The van der Waals surface area contributed by atoms with E-state index < -0.39 is 0 Å². The SMILES string of the molecule is CCN1CCN(C(C)CN=C(N)Nc2ccc3c(c2)OCCCO3)CC1. The number of aliphatic imine (C=N–C) groups is 1. The summed E-state index contributed by atoms with van der Waals surface area (Å²) in [6.07, 6.45) is 0.894. The third-order valence-corrected chi connectivity index (χ3v) is 5.02. The number of piperazine rings is 1. The number of likely N-dealkylation sites (N-methyl/N-ethyl adjacent to an activating group) is 1. The maximum absolute atomic E-state index is 6.07. The summed E-state index contributed by atoms with van der Waals surface area (Å²) in [4.78, 5) is 9.48. The molecule has 1 unspecified atom stereocenters. The second-order valence-electron chi connectivity index (χ2n) is 6.88. The number of nitrogens with two attached hydrogens (primary N) is 1. The zero-order valence-electron chi connectivity index (χ0n) is 15.9. The first-order valence-electron chi connectivity index (χ1n) is 9.58. The summed E-state index contributed by atoms with van der Waals surface area (Å²) >= 11 is 0. The van der Waals surface area contributed by atoms with Crippen molar-refractivity contribution in [1.82, 2.24) is 9.80 Å². The third-order valence-electron chi connectivity index (χ3n) is 5.02. The first kappa shape index (κ1) is 18.8. The average molecular weight is 361 g/mol. The number of hydrogen-bond donors (Lipinski definition) is 2. The summed E-state index contributed by atoms with van der Waals surface area (Å²) in [5.41, 5.74) is 6.94. The molecule has 0 bridgehead atoms. The van der Waals surface area contributed by atoms with E-state index in [4.69, 9.17) is 15.2 Å². The quantitative estimate of drug-likeness (QED) is 0.613. The normalized spacial score (nSPS) is 20.5. The minimum absolute atomic E-state index is 0.387. The van der Waals surface area contributed by atoms with Crippen molar-refractivity contribution >= 4 is 11.6 Å². The van der Waals surface area contributed by atoms with Crippen LogP contribution in [0.3, 0.4) is 0 Å². The zero-order valence-corrected chi connectivity index (χ0v) is 15.9. The number of guanidine groups is 1. The number of fused-ring (bicyclic) bond motifs is 1. The Hall–Kier alpha value is -1.99.